The van der Waals surface area contributed by atoms with E-state index < -0.39 is 10.0 Å². The van der Waals surface area contributed by atoms with Crippen LogP contribution in [0.4, 0.5) is 17.1 Å². The van der Waals surface area contributed by atoms with Gasteiger partial charge in [0.25, 0.3) is 0 Å². The van der Waals surface area contributed by atoms with E-state index in [1.165, 1.54) is 0 Å². The summed E-state index contributed by atoms with van der Waals surface area (Å²) in [5, 5.41) is 4.07. The van der Waals surface area contributed by atoms with Crippen molar-refractivity contribution in [2.24, 2.45) is 0 Å². The minimum absolute atomic E-state index is 0.201. The molecular weight excluding hydrogens is 516 g/mol. The molecule has 1 saturated heterocycles. The highest BCUT2D eigenvalue weighted by Crippen LogP contribution is 2.43. The lowest BCUT2D eigenvalue weighted by molar-refractivity contribution is 0.549. The second-order valence-corrected chi connectivity index (χ2v) is 11.7. The second-order valence-electron chi connectivity index (χ2n) is 9.58. The van der Waals surface area contributed by atoms with Crippen LogP contribution < -0.4 is 19.8 Å². The average molecular weight is 547 g/mol. The molecule has 1 aliphatic rings. The number of anilines is 3. The van der Waals surface area contributed by atoms with Crippen LogP contribution in [0.2, 0.25) is 0 Å². The molecule has 0 spiro atoms. The van der Waals surface area contributed by atoms with Crippen molar-refractivity contribution in [2.75, 3.05) is 34.9 Å². The first-order chi connectivity index (χ1) is 18.1. The first-order valence-electron chi connectivity index (χ1n) is 12.2. The lowest BCUT2D eigenvalue weighted by atomic mass is 10.0. The molecule has 2 unspecified atom stereocenters. The predicted molar refractivity (Wildman–Crippen MR) is 158 cm³/mol. The van der Waals surface area contributed by atoms with E-state index >= 15 is 0 Å². The third-order valence-electron chi connectivity index (χ3n) is 6.61. The zero-order valence-corrected chi connectivity index (χ0v) is 23.3. The highest BCUT2D eigenvalue weighted by Gasteiger charge is 2.42. The van der Waals surface area contributed by atoms with Crippen molar-refractivity contribution in [1.82, 2.24) is 14.9 Å². The monoisotopic (exact) mass is 546 g/mol. The van der Waals surface area contributed by atoms with Crippen molar-refractivity contribution in [3.8, 4) is 5.69 Å². The van der Waals surface area contributed by atoms with E-state index in [4.69, 9.17) is 12.2 Å². The van der Waals surface area contributed by atoms with Crippen LogP contribution >= 0.6 is 12.2 Å². The molecule has 196 valence electrons. The molecular formula is C28H30N6O2S2. The Bertz CT molecular complexity index is 1570. The molecule has 2 atom stereocenters. The van der Waals surface area contributed by atoms with Crippen LogP contribution in [-0.4, -0.2) is 43.4 Å². The molecule has 1 fully saturated rings. The summed E-state index contributed by atoms with van der Waals surface area (Å²) in [5.41, 5.74) is 6.28. The number of aryl methyl sites for hydroxylation is 1. The number of hydrogen-bond donors (Lipinski definition) is 2. The average Bonchev–Trinajstić information content (AvgIpc) is 3.49. The fourth-order valence-corrected chi connectivity index (χ4v) is 5.80. The van der Waals surface area contributed by atoms with Crippen LogP contribution in [0.15, 0.2) is 85.2 Å². The maximum absolute atomic E-state index is 11.8. The zero-order valence-electron chi connectivity index (χ0n) is 21.7. The molecule has 2 N–H and O–H groups in total. The molecule has 0 bridgehead atoms. The van der Waals surface area contributed by atoms with Gasteiger partial charge in [-0.05, 0) is 91.4 Å². The van der Waals surface area contributed by atoms with Gasteiger partial charge in [0.15, 0.2) is 5.11 Å². The SMILES string of the molecule is Cc1cc(N2C(=S)NC(c3ccccn3)C2c2cccn2-c2ccc(N(C)C)cc2)ccc1NS(C)(=O)=O. The molecule has 5 rings (SSSR count). The summed E-state index contributed by atoms with van der Waals surface area (Å²) >= 11 is 5.88. The maximum Gasteiger partial charge on any atom is 0.229 e. The molecule has 3 heterocycles. The summed E-state index contributed by atoms with van der Waals surface area (Å²) in [6, 6.07) is 23.6. The second kappa shape index (κ2) is 10.1. The largest absolute Gasteiger partial charge is 0.378 e. The van der Waals surface area contributed by atoms with E-state index in [1.807, 2.05) is 57.4 Å². The van der Waals surface area contributed by atoms with Crippen LogP contribution in [0.25, 0.3) is 5.69 Å². The Labute approximate surface area is 229 Å². The summed E-state index contributed by atoms with van der Waals surface area (Å²) in [6.07, 6.45) is 4.99. The highest BCUT2D eigenvalue weighted by atomic mass is 32.2. The molecule has 4 aromatic rings. The van der Waals surface area contributed by atoms with Gasteiger partial charge in [0.2, 0.25) is 10.0 Å². The number of hydrogen-bond acceptors (Lipinski definition) is 5. The Hall–Kier alpha value is -3.89. The Morgan fingerprint density at radius 1 is 1.00 bits per heavy atom. The van der Waals surface area contributed by atoms with E-state index in [-0.39, 0.29) is 12.1 Å². The summed E-state index contributed by atoms with van der Waals surface area (Å²) in [4.78, 5) is 8.81. The minimum Gasteiger partial charge on any atom is -0.378 e. The van der Waals surface area contributed by atoms with Crippen LogP contribution in [0.3, 0.4) is 0 Å². The smallest absolute Gasteiger partial charge is 0.229 e. The summed E-state index contributed by atoms with van der Waals surface area (Å²) in [6.45, 7) is 1.88. The van der Waals surface area contributed by atoms with Gasteiger partial charge in [-0.15, -0.1) is 0 Å². The molecule has 2 aromatic heterocycles. The first-order valence-corrected chi connectivity index (χ1v) is 14.5. The summed E-state index contributed by atoms with van der Waals surface area (Å²) in [5.74, 6) is 0. The summed E-state index contributed by atoms with van der Waals surface area (Å²) < 4.78 is 28.4. The van der Waals surface area contributed by atoms with E-state index in [0.717, 1.165) is 40.3 Å². The van der Waals surface area contributed by atoms with Gasteiger partial charge >= 0.3 is 0 Å². The number of aromatic nitrogens is 2. The van der Waals surface area contributed by atoms with E-state index in [1.54, 1.807) is 12.3 Å². The number of thiocarbonyl (C=S) groups is 1. The van der Waals surface area contributed by atoms with E-state index in [0.29, 0.717) is 10.8 Å². The lowest BCUT2D eigenvalue weighted by Crippen LogP contribution is -2.30. The number of rotatable bonds is 7. The fraction of sp³-hybridized carbons (Fsp3) is 0.214. The van der Waals surface area contributed by atoms with Gasteiger partial charge < -0.3 is 19.7 Å². The molecule has 38 heavy (non-hydrogen) atoms. The Morgan fingerprint density at radius 3 is 2.37 bits per heavy atom. The lowest BCUT2D eigenvalue weighted by Gasteiger charge is -2.29. The van der Waals surface area contributed by atoms with Crippen LogP contribution in [0.5, 0.6) is 0 Å². The quantitative estimate of drug-likeness (QED) is 0.323. The van der Waals surface area contributed by atoms with Crippen molar-refractivity contribution in [2.45, 2.75) is 19.0 Å². The van der Waals surface area contributed by atoms with Gasteiger partial charge in [-0.25, -0.2) is 8.42 Å². The van der Waals surface area contributed by atoms with Crippen molar-refractivity contribution in [3.63, 3.8) is 0 Å². The Balaban J connectivity index is 1.61. The van der Waals surface area contributed by atoms with Gasteiger partial charge in [0, 0.05) is 49.2 Å². The molecule has 2 aromatic carbocycles. The standard InChI is InChI=1S/C28H30N6O2S2/c1-19-18-22(14-15-23(19)31-38(4,35)36)34-27(26(30-28(34)37)24-8-5-6-16-29-24)25-9-7-17-33(25)21-12-10-20(11-13-21)32(2)3/h5-18,26-27,31H,1-4H3,(H,30,37). The number of nitrogens with zero attached hydrogens (tertiary/aromatic N) is 4. The fourth-order valence-electron chi connectivity index (χ4n) is 4.83. The molecule has 0 amide bonds. The molecule has 0 aliphatic carbocycles. The van der Waals surface area contributed by atoms with Gasteiger partial charge in [-0.3, -0.25) is 9.71 Å². The molecule has 0 radical (unpaired) electrons. The number of benzene rings is 2. The molecule has 8 nitrogen and oxygen atoms in total. The van der Waals surface area contributed by atoms with E-state index in [9.17, 15) is 8.42 Å². The van der Waals surface area contributed by atoms with Crippen molar-refractivity contribution in [3.05, 3.63) is 102 Å². The Kier molecular flexibility index (Phi) is 6.85. The van der Waals surface area contributed by atoms with Crippen LogP contribution in [0.1, 0.15) is 29.0 Å². The highest BCUT2D eigenvalue weighted by molar-refractivity contribution is 7.92. The first kappa shape index (κ1) is 25.7. The van der Waals surface area contributed by atoms with E-state index in [2.05, 4.69) is 65.9 Å². The minimum atomic E-state index is -3.39. The molecule has 0 saturated carbocycles. The summed E-state index contributed by atoms with van der Waals surface area (Å²) in [7, 11) is 0.652. The van der Waals surface area contributed by atoms with Gasteiger partial charge in [-0.1, -0.05) is 6.07 Å². The topological polar surface area (TPSA) is 82.5 Å². The molecule has 10 heteroatoms. The van der Waals surface area contributed by atoms with Crippen molar-refractivity contribution in [1.29, 1.82) is 0 Å². The van der Waals surface area contributed by atoms with Gasteiger partial charge in [0.05, 0.1) is 23.7 Å². The number of pyridine rings is 1. The third kappa shape index (κ3) is 5.09. The van der Waals surface area contributed by atoms with Gasteiger partial charge in [0.1, 0.15) is 6.04 Å². The van der Waals surface area contributed by atoms with Crippen molar-refractivity contribution < 1.29 is 8.42 Å². The molecule has 1 aliphatic heterocycles. The third-order valence-corrected chi connectivity index (χ3v) is 7.51. The van der Waals surface area contributed by atoms with Crippen molar-refractivity contribution >= 4 is 44.4 Å². The normalized spacial score (nSPS) is 17.4. The van der Waals surface area contributed by atoms with Crippen LogP contribution in [0, 0.1) is 6.92 Å². The number of nitrogens with one attached hydrogen (secondary N) is 2. The number of sulfonamides is 1. The van der Waals surface area contributed by atoms with Crippen LogP contribution in [-0.2, 0) is 10.0 Å². The predicted octanol–water partition coefficient (Wildman–Crippen LogP) is 4.80. The van der Waals surface area contributed by atoms with Gasteiger partial charge in [-0.2, -0.15) is 0 Å². The zero-order chi connectivity index (χ0) is 27.0. The Morgan fingerprint density at radius 2 is 1.74 bits per heavy atom. The maximum atomic E-state index is 11.8.